The molecular weight excluding hydrogens is 124 g/mol. The van der Waals surface area contributed by atoms with Crippen molar-refractivity contribution in [3.63, 3.8) is 0 Å². The molecule has 5 heteroatoms. The normalized spacial score (nSPS) is 7.33. The molecule has 6 heavy (non-hydrogen) atoms. The Balaban J connectivity index is 0.000000250. The van der Waals surface area contributed by atoms with Crippen LogP contribution in [-0.4, -0.2) is 0 Å². The van der Waals surface area contributed by atoms with E-state index in [0.29, 0.717) is 11.9 Å². The van der Waals surface area contributed by atoms with Crippen LogP contribution >= 0.6 is 25.4 Å². The standard InChI is InChI=1S/CO3S.H2S/c2-1-3-5-4-1;/h;1H2. The molecule has 0 aliphatic carbocycles. The highest BCUT2D eigenvalue weighted by Crippen LogP contribution is 1.83. The molecule has 0 unspecified atom stereocenters. The van der Waals surface area contributed by atoms with E-state index in [-0.39, 0.29) is 13.5 Å². The van der Waals surface area contributed by atoms with Crippen LogP contribution < -0.4 is 5.82 Å². The maximum absolute atomic E-state index is 9.43. The Morgan fingerprint density at radius 2 is 1.83 bits per heavy atom. The smallest absolute Gasteiger partial charge is 0.299 e. The molecule has 1 rings (SSSR count). The van der Waals surface area contributed by atoms with Crippen molar-refractivity contribution in [2.75, 3.05) is 0 Å². The van der Waals surface area contributed by atoms with Gasteiger partial charge in [0.1, 0.15) is 0 Å². The minimum atomic E-state index is -0.602. The van der Waals surface area contributed by atoms with Crippen molar-refractivity contribution in [2.24, 2.45) is 0 Å². The second-order valence-electron chi connectivity index (χ2n) is 0.485. The molecule has 0 aliphatic heterocycles. The van der Waals surface area contributed by atoms with Crippen molar-refractivity contribution in [2.45, 2.75) is 0 Å². The van der Waals surface area contributed by atoms with Crippen molar-refractivity contribution in [3.05, 3.63) is 10.6 Å². The minimum absolute atomic E-state index is 0. The van der Waals surface area contributed by atoms with E-state index >= 15 is 0 Å². The second-order valence-corrected chi connectivity index (χ2v) is 0.954. The Hall–Kier alpha value is -0.160. The van der Waals surface area contributed by atoms with E-state index in [1.165, 1.54) is 0 Å². The van der Waals surface area contributed by atoms with Gasteiger partial charge >= 0.3 is 5.82 Å². The van der Waals surface area contributed by atoms with Crippen LogP contribution in [0.1, 0.15) is 0 Å². The van der Waals surface area contributed by atoms with Gasteiger partial charge in [0, 0.05) is 0 Å². The van der Waals surface area contributed by atoms with E-state index in [0.717, 1.165) is 0 Å². The van der Waals surface area contributed by atoms with Gasteiger partial charge in [0.25, 0.3) is 11.9 Å². The Labute approximate surface area is 44.5 Å². The first-order chi connectivity index (χ1) is 2.39. The van der Waals surface area contributed by atoms with Crippen LogP contribution in [0.4, 0.5) is 0 Å². The van der Waals surface area contributed by atoms with Crippen LogP contribution in [-0.2, 0) is 0 Å². The van der Waals surface area contributed by atoms with Crippen LogP contribution in [0.3, 0.4) is 0 Å². The molecule has 0 fully saturated rings. The summed E-state index contributed by atoms with van der Waals surface area (Å²) in [5, 5.41) is 0. The van der Waals surface area contributed by atoms with Crippen molar-refractivity contribution >= 4 is 25.4 Å². The molecule has 0 aromatic carbocycles. The zero-order valence-corrected chi connectivity index (χ0v) is 4.45. The zero-order chi connectivity index (χ0) is 3.70. The summed E-state index contributed by atoms with van der Waals surface area (Å²) in [6.45, 7) is 0. The molecule has 0 saturated carbocycles. The van der Waals surface area contributed by atoms with Gasteiger partial charge in [0.15, 0.2) is 0 Å². The average molecular weight is 126 g/mol. The molecule has 1 aromatic rings. The third kappa shape index (κ3) is 0.908. The average Bonchev–Trinajstić information content (AvgIpc) is 1.30. The highest BCUT2D eigenvalue weighted by atomic mass is 32.1. The van der Waals surface area contributed by atoms with Crippen LogP contribution in [0.15, 0.2) is 12.5 Å². The number of rotatable bonds is 0. The van der Waals surface area contributed by atoms with Crippen LogP contribution in [0.25, 0.3) is 0 Å². The van der Waals surface area contributed by atoms with E-state index in [4.69, 9.17) is 0 Å². The molecular formula is CH2O3S2. The molecule has 1 aromatic heterocycles. The predicted octanol–water partition coefficient (Wildman–Crippen LogP) is 0.407. The lowest BCUT2D eigenvalue weighted by atomic mass is 11.6. The summed E-state index contributed by atoms with van der Waals surface area (Å²) >= 11 is 0.696. The number of hydrogen-bond acceptors (Lipinski definition) is 4. The van der Waals surface area contributed by atoms with E-state index in [1.807, 2.05) is 0 Å². The highest BCUT2D eigenvalue weighted by molar-refractivity contribution is 7.59. The highest BCUT2D eigenvalue weighted by Gasteiger charge is 1.83. The van der Waals surface area contributed by atoms with Gasteiger partial charge in [0.05, 0.1) is 0 Å². The SMILES string of the molecule is O=c1oso1.S. The molecule has 0 amide bonds. The molecule has 0 bridgehead atoms. The Kier molecular flexibility index (Phi) is 2.04. The van der Waals surface area contributed by atoms with Crippen LogP contribution in [0, 0.1) is 0 Å². The fraction of sp³-hybridized carbons (Fsp3) is 0. The predicted molar refractivity (Wildman–Crippen MR) is 25.5 cm³/mol. The molecule has 3 nitrogen and oxygen atoms in total. The van der Waals surface area contributed by atoms with Gasteiger partial charge in [-0.2, -0.15) is 13.5 Å². The summed E-state index contributed by atoms with van der Waals surface area (Å²) in [6.07, 6.45) is 0. The van der Waals surface area contributed by atoms with E-state index < -0.39 is 5.82 Å². The molecule has 0 atom stereocenters. The molecule has 0 radical (unpaired) electrons. The third-order valence-corrected chi connectivity index (χ3v) is 0.612. The summed E-state index contributed by atoms with van der Waals surface area (Å²) in [6, 6.07) is 0. The van der Waals surface area contributed by atoms with Gasteiger partial charge in [-0.05, 0) is 0 Å². The van der Waals surface area contributed by atoms with E-state index in [2.05, 4.69) is 7.70 Å². The van der Waals surface area contributed by atoms with E-state index in [1.54, 1.807) is 0 Å². The molecule has 0 aliphatic rings. The lowest BCUT2D eigenvalue weighted by Crippen LogP contribution is -1.92. The van der Waals surface area contributed by atoms with Crippen molar-refractivity contribution in [1.82, 2.24) is 0 Å². The fourth-order valence-electron chi connectivity index (χ4n) is 0.0618. The van der Waals surface area contributed by atoms with Gasteiger partial charge in [-0.1, -0.05) is 0 Å². The summed E-state index contributed by atoms with van der Waals surface area (Å²) in [4.78, 5) is 9.43. The monoisotopic (exact) mass is 126 g/mol. The maximum atomic E-state index is 9.43. The first-order valence-electron chi connectivity index (χ1n) is 0.946. The van der Waals surface area contributed by atoms with Gasteiger partial charge < -0.3 is 0 Å². The topological polar surface area (TPSA) is 43.4 Å². The molecule has 0 saturated heterocycles. The Bertz CT molecular complexity index is 123. The van der Waals surface area contributed by atoms with Crippen molar-refractivity contribution in [1.29, 1.82) is 0 Å². The van der Waals surface area contributed by atoms with Crippen LogP contribution in [0.5, 0.6) is 0 Å². The fourth-order valence-corrected chi connectivity index (χ4v) is 0.185. The summed E-state index contributed by atoms with van der Waals surface area (Å²) in [5.41, 5.74) is 0. The quantitative estimate of drug-likeness (QED) is 0.505. The lowest BCUT2D eigenvalue weighted by Gasteiger charge is -1.69. The molecule has 36 valence electrons. The van der Waals surface area contributed by atoms with Crippen molar-refractivity contribution < 1.29 is 7.70 Å². The first kappa shape index (κ1) is 5.84. The summed E-state index contributed by atoms with van der Waals surface area (Å²) < 4.78 is 7.97. The first-order valence-corrected chi connectivity index (χ1v) is 1.61. The third-order valence-electron chi connectivity index (χ3n) is 0.204. The lowest BCUT2D eigenvalue weighted by molar-refractivity contribution is 0.358. The summed E-state index contributed by atoms with van der Waals surface area (Å²) in [5.74, 6) is -0.602. The number of hydrogen-bond donors (Lipinski definition) is 0. The largest absolute Gasteiger partial charge is 0.546 e. The summed E-state index contributed by atoms with van der Waals surface area (Å²) in [7, 11) is 0. The molecule has 0 spiro atoms. The zero-order valence-electron chi connectivity index (χ0n) is 2.63. The van der Waals surface area contributed by atoms with Gasteiger partial charge in [0.2, 0.25) is 0 Å². The van der Waals surface area contributed by atoms with Gasteiger partial charge in [-0.3, -0.25) is 7.70 Å². The Morgan fingerprint density at radius 3 is 1.83 bits per heavy atom. The second kappa shape index (κ2) is 2.09. The van der Waals surface area contributed by atoms with Gasteiger partial charge in [-0.15, -0.1) is 0 Å². The maximum Gasteiger partial charge on any atom is 0.546 e. The molecule has 0 N–H and O–H groups in total. The minimum Gasteiger partial charge on any atom is -0.299 e. The van der Waals surface area contributed by atoms with Crippen molar-refractivity contribution in [3.8, 4) is 0 Å². The van der Waals surface area contributed by atoms with E-state index in [9.17, 15) is 4.79 Å². The van der Waals surface area contributed by atoms with Gasteiger partial charge in [-0.25, -0.2) is 4.79 Å². The molecule has 1 heterocycles. The van der Waals surface area contributed by atoms with Crippen LogP contribution in [0.2, 0.25) is 0 Å². The Morgan fingerprint density at radius 1 is 1.50 bits per heavy atom.